The van der Waals surface area contributed by atoms with Crippen LogP contribution in [0.25, 0.3) is 0 Å². The van der Waals surface area contributed by atoms with Crippen molar-refractivity contribution in [3.8, 4) is 6.07 Å². The fraction of sp³-hybridized carbons (Fsp3) is 0.222. The number of hydrogen-bond acceptors (Lipinski definition) is 1. The van der Waals surface area contributed by atoms with Gasteiger partial charge < -0.3 is 0 Å². The number of nitriles is 1. The van der Waals surface area contributed by atoms with Crippen molar-refractivity contribution in [1.29, 1.82) is 5.26 Å². The first-order valence-corrected chi connectivity index (χ1v) is 3.46. The van der Waals surface area contributed by atoms with Gasteiger partial charge in [0.15, 0.2) is 0 Å². The smallest absolute Gasteiger partial charge is 0.130 e. The maximum Gasteiger partial charge on any atom is 0.130 e. The molecule has 62 valence electrons. The highest BCUT2D eigenvalue weighted by atomic mass is 19.1. The van der Waals surface area contributed by atoms with Crippen molar-refractivity contribution in [1.82, 2.24) is 0 Å². The Hall–Kier alpha value is -1.43. The third-order valence-corrected chi connectivity index (χ3v) is 1.54. The van der Waals surface area contributed by atoms with Gasteiger partial charge in [-0.15, -0.1) is 0 Å². The molecule has 0 aromatic heterocycles. The molecule has 0 bridgehead atoms. The standard InChI is InChI=1S/C9H7F2N/c1-6-4-8(10)7(2-3-12)9(11)5-6/h4-5H,2H2,1H3. The summed E-state index contributed by atoms with van der Waals surface area (Å²) in [5, 5.41) is 8.25. The molecule has 12 heavy (non-hydrogen) atoms. The molecular weight excluding hydrogens is 160 g/mol. The maximum atomic E-state index is 12.9. The normalized spacial score (nSPS) is 9.50. The van der Waals surface area contributed by atoms with Crippen LogP contribution in [0.15, 0.2) is 12.1 Å². The average molecular weight is 167 g/mol. The first-order valence-electron chi connectivity index (χ1n) is 3.46. The summed E-state index contributed by atoms with van der Waals surface area (Å²) >= 11 is 0. The van der Waals surface area contributed by atoms with Crippen LogP contribution in [-0.2, 0) is 6.42 Å². The minimum Gasteiger partial charge on any atom is -0.207 e. The van der Waals surface area contributed by atoms with Crippen LogP contribution in [-0.4, -0.2) is 0 Å². The molecule has 0 aliphatic carbocycles. The van der Waals surface area contributed by atoms with E-state index in [9.17, 15) is 8.78 Å². The average Bonchev–Trinajstić information content (AvgIpc) is 1.96. The first-order chi connectivity index (χ1) is 5.65. The molecule has 0 N–H and O–H groups in total. The predicted octanol–water partition coefficient (Wildman–Crippen LogP) is 2.34. The molecule has 0 unspecified atom stereocenters. The van der Waals surface area contributed by atoms with Crippen molar-refractivity contribution in [3.63, 3.8) is 0 Å². The summed E-state index contributed by atoms with van der Waals surface area (Å²) in [7, 11) is 0. The summed E-state index contributed by atoms with van der Waals surface area (Å²) in [6.07, 6.45) is -0.224. The first kappa shape index (κ1) is 8.66. The Morgan fingerprint density at radius 2 is 1.83 bits per heavy atom. The van der Waals surface area contributed by atoms with Gasteiger partial charge in [-0.2, -0.15) is 5.26 Å². The Morgan fingerprint density at radius 1 is 1.33 bits per heavy atom. The van der Waals surface area contributed by atoms with Gasteiger partial charge in [0.25, 0.3) is 0 Å². The lowest BCUT2D eigenvalue weighted by Gasteiger charge is -2.00. The van der Waals surface area contributed by atoms with Gasteiger partial charge in [0, 0.05) is 5.56 Å². The molecule has 0 spiro atoms. The number of benzene rings is 1. The molecule has 0 atom stereocenters. The van der Waals surface area contributed by atoms with Crippen molar-refractivity contribution < 1.29 is 8.78 Å². The van der Waals surface area contributed by atoms with Crippen LogP contribution in [0.4, 0.5) is 8.78 Å². The Labute approximate surface area is 69.2 Å². The molecule has 0 radical (unpaired) electrons. The summed E-state index contributed by atoms with van der Waals surface area (Å²) < 4.78 is 25.8. The van der Waals surface area contributed by atoms with E-state index in [-0.39, 0.29) is 12.0 Å². The minimum atomic E-state index is -0.644. The SMILES string of the molecule is Cc1cc(F)c(CC#N)c(F)c1. The number of nitrogens with zero attached hydrogens (tertiary/aromatic N) is 1. The molecule has 3 heteroatoms. The molecular formula is C9H7F2N. The van der Waals surface area contributed by atoms with Gasteiger partial charge >= 0.3 is 0 Å². The molecule has 1 aromatic carbocycles. The molecule has 1 aromatic rings. The molecule has 0 saturated carbocycles. The van der Waals surface area contributed by atoms with E-state index in [1.165, 1.54) is 12.1 Å². The number of halogens is 2. The Kier molecular flexibility index (Phi) is 2.39. The molecule has 0 saturated heterocycles. The van der Waals surface area contributed by atoms with E-state index in [4.69, 9.17) is 5.26 Å². The van der Waals surface area contributed by atoms with Crippen LogP contribution in [0.1, 0.15) is 11.1 Å². The van der Waals surface area contributed by atoms with E-state index >= 15 is 0 Å². The second-order valence-electron chi connectivity index (χ2n) is 2.54. The van der Waals surface area contributed by atoms with Gasteiger partial charge in [0.2, 0.25) is 0 Å². The van der Waals surface area contributed by atoms with Crippen LogP contribution < -0.4 is 0 Å². The van der Waals surface area contributed by atoms with E-state index in [0.29, 0.717) is 5.56 Å². The molecule has 0 aliphatic rings. The van der Waals surface area contributed by atoms with Crippen LogP contribution in [0.3, 0.4) is 0 Å². The van der Waals surface area contributed by atoms with Gasteiger partial charge in [0.1, 0.15) is 11.6 Å². The minimum absolute atomic E-state index is 0.150. The Morgan fingerprint density at radius 3 is 2.25 bits per heavy atom. The maximum absolute atomic E-state index is 12.9. The Bertz CT molecular complexity index is 316. The molecule has 1 rings (SSSR count). The highest BCUT2D eigenvalue weighted by Crippen LogP contribution is 2.14. The molecule has 0 heterocycles. The van der Waals surface area contributed by atoms with E-state index < -0.39 is 11.6 Å². The lowest BCUT2D eigenvalue weighted by atomic mass is 10.1. The predicted molar refractivity (Wildman–Crippen MR) is 40.4 cm³/mol. The largest absolute Gasteiger partial charge is 0.207 e. The van der Waals surface area contributed by atoms with E-state index in [2.05, 4.69) is 0 Å². The van der Waals surface area contributed by atoms with Gasteiger partial charge in [0.05, 0.1) is 12.5 Å². The summed E-state index contributed by atoms with van der Waals surface area (Å²) in [6, 6.07) is 4.14. The zero-order chi connectivity index (χ0) is 9.14. The summed E-state index contributed by atoms with van der Waals surface area (Å²) in [6.45, 7) is 1.60. The zero-order valence-electron chi connectivity index (χ0n) is 6.56. The summed E-state index contributed by atoms with van der Waals surface area (Å²) in [5.41, 5.74) is 0.370. The Balaban J connectivity index is 3.21. The third kappa shape index (κ3) is 1.59. The monoisotopic (exact) mass is 167 g/mol. The topological polar surface area (TPSA) is 23.8 Å². The van der Waals surface area contributed by atoms with Gasteiger partial charge in [-0.25, -0.2) is 8.78 Å². The highest BCUT2D eigenvalue weighted by molar-refractivity contribution is 5.27. The second kappa shape index (κ2) is 3.31. The fourth-order valence-electron chi connectivity index (χ4n) is 0.978. The van der Waals surface area contributed by atoms with Crippen molar-refractivity contribution in [2.24, 2.45) is 0 Å². The van der Waals surface area contributed by atoms with Crippen molar-refractivity contribution >= 4 is 0 Å². The summed E-state index contributed by atoms with van der Waals surface area (Å²) in [4.78, 5) is 0. The van der Waals surface area contributed by atoms with Crippen molar-refractivity contribution in [3.05, 3.63) is 34.9 Å². The number of aryl methyl sites for hydroxylation is 1. The number of hydrogen-bond donors (Lipinski definition) is 0. The van der Waals surface area contributed by atoms with Gasteiger partial charge in [-0.3, -0.25) is 0 Å². The van der Waals surface area contributed by atoms with E-state index in [1.807, 2.05) is 0 Å². The molecule has 0 amide bonds. The zero-order valence-corrected chi connectivity index (χ0v) is 6.56. The lowest BCUT2D eigenvalue weighted by Crippen LogP contribution is -1.95. The van der Waals surface area contributed by atoms with Crippen molar-refractivity contribution in [2.75, 3.05) is 0 Å². The quantitative estimate of drug-likeness (QED) is 0.629. The van der Waals surface area contributed by atoms with E-state index in [0.717, 1.165) is 0 Å². The number of rotatable bonds is 1. The van der Waals surface area contributed by atoms with Crippen molar-refractivity contribution in [2.45, 2.75) is 13.3 Å². The van der Waals surface area contributed by atoms with Gasteiger partial charge in [-0.05, 0) is 24.6 Å². The van der Waals surface area contributed by atoms with Crippen LogP contribution in [0.5, 0.6) is 0 Å². The molecule has 0 aliphatic heterocycles. The van der Waals surface area contributed by atoms with Crippen LogP contribution >= 0.6 is 0 Å². The second-order valence-corrected chi connectivity index (χ2v) is 2.54. The van der Waals surface area contributed by atoms with Gasteiger partial charge in [-0.1, -0.05) is 0 Å². The highest BCUT2D eigenvalue weighted by Gasteiger charge is 2.08. The van der Waals surface area contributed by atoms with Crippen LogP contribution in [0, 0.1) is 29.9 Å². The van der Waals surface area contributed by atoms with E-state index in [1.54, 1.807) is 13.0 Å². The fourth-order valence-corrected chi connectivity index (χ4v) is 0.978. The molecule has 1 nitrogen and oxygen atoms in total. The lowest BCUT2D eigenvalue weighted by molar-refractivity contribution is 0.561. The third-order valence-electron chi connectivity index (χ3n) is 1.54. The summed E-state index contributed by atoms with van der Waals surface area (Å²) in [5.74, 6) is -1.29. The molecule has 0 fully saturated rings. The van der Waals surface area contributed by atoms with Crippen LogP contribution in [0.2, 0.25) is 0 Å².